The van der Waals surface area contributed by atoms with E-state index in [1.165, 1.54) is 32.2 Å². The number of methoxy groups -OCH3 is 3. The molecule has 0 spiro atoms. The number of allylic oxidation sites excluding steroid dienone is 2. The van der Waals surface area contributed by atoms with E-state index in [1.54, 1.807) is 78.9 Å². The summed E-state index contributed by atoms with van der Waals surface area (Å²) in [6.45, 7) is -0.451. The van der Waals surface area contributed by atoms with E-state index in [4.69, 9.17) is 14.2 Å². The molecule has 280 valence electrons. The maximum Gasteiger partial charge on any atom is 0.417 e. The molecule has 0 bridgehead atoms. The quantitative estimate of drug-likeness (QED) is 0.120. The van der Waals surface area contributed by atoms with Crippen molar-refractivity contribution in [2.45, 2.75) is 50.0 Å². The fourth-order valence-electron chi connectivity index (χ4n) is 6.29. The van der Waals surface area contributed by atoms with Crippen molar-refractivity contribution in [3.05, 3.63) is 119 Å². The summed E-state index contributed by atoms with van der Waals surface area (Å²) in [5.41, 5.74) is 0.899. The van der Waals surface area contributed by atoms with Gasteiger partial charge < -0.3 is 14.2 Å². The summed E-state index contributed by atoms with van der Waals surface area (Å²) in [6, 6.07) is 24.6. The van der Waals surface area contributed by atoms with Crippen LogP contribution in [0.5, 0.6) is 17.2 Å². The summed E-state index contributed by atoms with van der Waals surface area (Å²) in [6.07, 6.45) is -2.18. The van der Waals surface area contributed by atoms with Gasteiger partial charge in [0.25, 0.3) is 0 Å². The Balaban J connectivity index is 1.55. The third-order valence-corrected chi connectivity index (χ3v) is 11.1. The van der Waals surface area contributed by atoms with Crippen molar-refractivity contribution >= 4 is 15.6 Å². The van der Waals surface area contributed by atoms with Crippen molar-refractivity contribution in [1.82, 2.24) is 24.5 Å². The molecule has 11 nitrogen and oxygen atoms in total. The standard InChI is InChI=1S/C39H37F3N6O5S/c1-51-31-14-6-27(7-15-31)23-47(24-28-8-16-32(52-2)17-9-28)54(49,50)37-35(39(40,41)42)21-20-34(30-12-4-26(22-43)5-13-30)36(37)38-44-46-48(45-38)25-29-10-18-33(53-3)19-11-29/h6-12,14-21,26H,4-5,13,23-25H2,1-3H3. The highest BCUT2D eigenvalue weighted by Crippen LogP contribution is 2.45. The van der Waals surface area contributed by atoms with Gasteiger partial charge in [-0.2, -0.15) is 27.5 Å². The van der Waals surface area contributed by atoms with Crippen molar-refractivity contribution in [2.75, 3.05) is 21.3 Å². The number of benzene rings is 4. The molecule has 1 aliphatic rings. The molecular formula is C39H37F3N6O5S. The van der Waals surface area contributed by atoms with Crippen LogP contribution >= 0.6 is 0 Å². The number of aromatic nitrogens is 4. The van der Waals surface area contributed by atoms with Gasteiger partial charge in [-0.25, -0.2) is 8.42 Å². The van der Waals surface area contributed by atoms with Gasteiger partial charge in [-0.3, -0.25) is 0 Å². The molecule has 0 N–H and O–H groups in total. The number of sulfonamides is 1. The van der Waals surface area contributed by atoms with E-state index in [9.17, 15) is 5.26 Å². The second-order valence-electron chi connectivity index (χ2n) is 12.7. The van der Waals surface area contributed by atoms with Crippen LogP contribution in [0.15, 0.2) is 95.9 Å². The number of nitriles is 1. The molecule has 4 aromatic carbocycles. The fourth-order valence-corrected chi connectivity index (χ4v) is 8.11. The SMILES string of the molecule is COc1ccc(CN(Cc2ccc(OC)cc2)S(=O)(=O)c2c(C(F)(F)F)ccc(C3=CCC(C#N)CC3)c2-c2nnn(Cc3ccc(OC)cc3)n2)cc1. The number of rotatable bonds is 13. The molecule has 1 aliphatic carbocycles. The highest BCUT2D eigenvalue weighted by atomic mass is 32.2. The molecule has 1 unspecified atom stereocenters. The molecule has 1 atom stereocenters. The van der Waals surface area contributed by atoms with E-state index in [2.05, 4.69) is 21.5 Å². The summed E-state index contributed by atoms with van der Waals surface area (Å²) in [4.78, 5) is 0.215. The van der Waals surface area contributed by atoms with E-state index >= 15 is 21.6 Å². The molecule has 0 aliphatic heterocycles. The lowest BCUT2D eigenvalue weighted by molar-refractivity contribution is -0.139. The third kappa shape index (κ3) is 8.40. The molecule has 1 heterocycles. The van der Waals surface area contributed by atoms with Crippen LogP contribution in [-0.4, -0.2) is 54.3 Å². The van der Waals surface area contributed by atoms with Crippen LogP contribution < -0.4 is 14.2 Å². The molecule has 1 aromatic heterocycles. The van der Waals surface area contributed by atoms with Crippen molar-refractivity contribution in [3.8, 4) is 34.7 Å². The first-order chi connectivity index (χ1) is 25.9. The predicted molar refractivity (Wildman–Crippen MR) is 194 cm³/mol. The maximum absolute atomic E-state index is 15.2. The Hall–Kier alpha value is -5.72. The third-order valence-electron chi connectivity index (χ3n) is 9.20. The Morgan fingerprint density at radius 1 is 0.833 bits per heavy atom. The Morgan fingerprint density at radius 2 is 1.37 bits per heavy atom. The average molecular weight is 759 g/mol. The Labute approximate surface area is 311 Å². The summed E-state index contributed by atoms with van der Waals surface area (Å²) in [5.74, 6) is 1.12. The summed E-state index contributed by atoms with van der Waals surface area (Å²) >= 11 is 0. The number of alkyl halides is 3. The highest BCUT2D eigenvalue weighted by molar-refractivity contribution is 7.89. The first kappa shape index (κ1) is 38.0. The number of ether oxygens (including phenoxy) is 3. The van der Waals surface area contributed by atoms with Gasteiger partial charge in [0, 0.05) is 13.1 Å². The van der Waals surface area contributed by atoms with Crippen molar-refractivity contribution in [1.29, 1.82) is 5.26 Å². The van der Waals surface area contributed by atoms with Crippen molar-refractivity contribution in [2.24, 2.45) is 5.92 Å². The van der Waals surface area contributed by atoms with Gasteiger partial charge in [0.2, 0.25) is 15.8 Å². The van der Waals surface area contributed by atoms with E-state index in [0.29, 0.717) is 53.2 Å². The Bertz CT molecular complexity index is 2220. The van der Waals surface area contributed by atoms with Crippen LogP contribution in [0.1, 0.15) is 47.1 Å². The smallest absolute Gasteiger partial charge is 0.417 e. The van der Waals surface area contributed by atoms with Crippen LogP contribution in [0.25, 0.3) is 17.0 Å². The van der Waals surface area contributed by atoms with Crippen molar-refractivity contribution in [3.63, 3.8) is 0 Å². The maximum atomic E-state index is 15.2. The monoisotopic (exact) mass is 758 g/mol. The minimum atomic E-state index is -5.09. The van der Waals surface area contributed by atoms with E-state index in [0.717, 1.165) is 15.9 Å². The van der Waals surface area contributed by atoms with Crippen LogP contribution in [0.2, 0.25) is 0 Å². The second kappa shape index (κ2) is 16.1. The molecule has 15 heteroatoms. The predicted octanol–water partition coefficient (Wildman–Crippen LogP) is 7.53. The minimum absolute atomic E-state index is 0.0982. The number of hydrogen-bond acceptors (Lipinski definition) is 9. The molecule has 0 saturated carbocycles. The molecule has 0 amide bonds. The normalized spacial score (nSPS) is 14.7. The van der Waals surface area contributed by atoms with E-state index in [1.807, 2.05) is 0 Å². The lowest BCUT2D eigenvalue weighted by atomic mass is 9.85. The highest BCUT2D eigenvalue weighted by Gasteiger charge is 2.43. The Morgan fingerprint density at radius 3 is 1.83 bits per heavy atom. The van der Waals surface area contributed by atoms with Gasteiger partial charge in [0.05, 0.1) is 51.0 Å². The van der Waals surface area contributed by atoms with Gasteiger partial charge in [0.1, 0.15) is 22.1 Å². The lowest BCUT2D eigenvalue weighted by Crippen LogP contribution is -2.32. The molecule has 54 heavy (non-hydrogen) atoms. The zero-order valence-electron chi connectivity index (χ0n) is 29.7. The van der Waals surface area contributed by atoms with Gasteiger partial charge in [-0.15, -0.1) is 10.2 Å². The van der Waals surface area contributed by atoms with Crippen LogP contribution in [0.3, 0.4) is 0 Å². The molecule has 0 radical (unpaired) electrons. The van der Waals surface area contributed by atoms with Gasteiger partial charge in [-0.1, -0.05) is 48.5 Å². The van der Waals surface area contributed by atoms with Crippen LogP contribution in [0, 0.1) is 17.2 Å². The molecule has 0 fully saturated rings. The van der Waals surface area contributed by atoms with Crippen LogP contribution in [-0.2, 0) is 35.8 Å². The number of halogens is 3. The zero-order valence-corrected chi connectivity index (χ0v) is 30.6. The summed E-state index contributed by atoms with van der Waals surface area (Å²) in [5, 5.41) is 22.3. The molecule has 5 aromatic rings. The lowest BCUT2D eigenvalue weighted by Gasteiger charge is -2.27. The molecular weight excluding hydrogens is 722 g/mol. The zero-order chi connectivity index (χ0) is 38.5. The Kier molecular flexibility index (Phi) is 11.3. The summed E-state index contributed by atoms with van der Waals surface area (Å²) < 4.78 is 92.5. The van der Waals surface area contributed by atoms with Gasteiger partial charge >= 0.3 is 6.18 Å². The summed E-state index contributed by atoms with van der Waals surface area (Å²) in [7, 11) is -0.493. The topological polar surface area (TPSA) is 132 Å². The second-order valence-corrected chi connectivity index (χ2v) is 14.5. The minimum Gasteiger partial charge on any atom is -0.497 e. The number of tetrazole rings is 1. The molecule has 6 rings (SSSR count). The average Bonchev–Trinajstić information content (AvgIpc) is 3.65. The number of hydrogen-bond donors (Lipinski definition) is 0. The van der Waals surface area contributed by atoms with E-state index in [-0.39, 0.29) is 42.5 Å². The van der Waals surface area contributed by atoms with E-state index < -0.39 is 26.7 Å². The van der Waals surface area contributed by atoms with Crippen molar-refractivity contribution < 1.29 is 35.8 Å². The van der Waals surface area contributed by atoms with Gasteiger partial charge in [-0.05, 0) is 94.8 Å². The molecule has 0 saturated heterocycles. The first-order valence-corrected chi connectivity index (χ1v) is 18.4. The van der Waals surface area contributed by atoms with Crippen LogP contribution in [0.4, 0.5) is 13.2 Å². The number of nitrogens with zero attached hydrogens (tertiary/aromatic N) is 6. The first-order valence-electron chi connectivity index (χ1n) is 16.9. The largest absolute Gasteiger partial charge is 0.497 e. The fraction of sp³-hybridized carbons (Fsp3) is 0.282. The van der Waals surface area contributed by atoms with Gasteiger partial charge in [0.15, 0.2) is 0 Å².